The van der Waals surface area contributed by atoms with E-state index in [1.807, 2.05) is 38.5 Å². The van der Waals surface area contributed by atoms with Crippen molar-refractivity contribution >= 4 is 22.8 Å². The van der Waals surface area contributed by atoms with Crippen LogP contribution < -0.4 is 10.1 Å². The lowest BCUT2D eigenvalue weighted by atomic mass is 10.1. The van der Waals surface area contributed by atoms with E-state index in [1.54, 1.807) is 12.1 Å². The summed E-state index contributed by atoms with van der Waals surface area (Å²) in [6.07, 6.45) is 0. The second-order valence-corrected chi connectivity index (χ2v) is 5.70. The van der Waals surface area contributed by atoms with Crippen LogP contribution in [-0.2, 0) is 16.6 Å². The van der Waals surface area contributed by atoms with Gasteiger partial charge in [-0.1, -0.05) is 0 Å². The maximum atomic E-state index is 12.0. The van der Waals surface area contributed by atoms with E-state index >= 15 is 0 Å². The molecule has 23 heavy (non-hydrogen) atoms. The lowest BCUT2D eigenvalue weighted by molar-refractivity contribution is -0.123. The van der Waals surface area contributed by atoms with Gasteiger partial charge in [0.2, 0.25) is 0 Å². The van der Waals surface area contributed by atoms with Gasteiger partial charge in [-0.05, 0) is 39.0 Å². The van der Waals surface area contributed by atoms with Gasteiger partial charge in [0.1, 0.15) is 5.75 Å². The van der Waals surface area contributed by atoms with Crippen LogP contribution >= 0.6 is 0 Å². The lowest BCUT2D eigenvalue weighted by Crippen LogP contribution is -2.34. The summed E-state index contributed by atoms with van der Waals surface area (Å²) in [6, 6.07) is 5.48. The first kappa shape index (κ1) is 16.9. The van der Waals surface area contributed by atoms with Crippen molar-refractivity contribution in [2.24, 2.45) is 7.05 Å². The number of esters is 1. The number of rotatable bonds is 5. The highest BCUT2D eigenvalue weighted by Gasteiger charge is 2.19. The van der Waals surface area contributed by atoms with Crippen LogP contribution in [0.3, 0.4) is 0 Å². The Balaban J connectivity index is 2.31. The number of nitrogens with zero attached hydrogens (tertiary/aromatic N) is 1. The highest BCUT2D eigenvalue weighted by Crippen LogP contribution is 2.29. The molecule has 124 valence electrons. The molecule has 2 aromatic rings. The van der Waals surface area contributed by atoms with Crippen LogP contribution in [0.5, 0.6) is 5.75 Å². The predicted octanol–water partition coefficient (Wildman–Crippen LogP) is 2.18. The van der Waals surface area contributed by atoms with Gasteiger partial charge < -0.3 is 19.4 Å². The fourth-order valence-electron chi connectivity index (χ4n) is 2.51. The third kappa shape index (κ3) is 3.47. The number of amides is 1. The van der Waals surface area contributed by atoms with Crippen LogP contribution in [-0.4, -0.2) is 36.2 Å². The Morgan fingerprint density at radius 2 is 2.00 bits per heavy atom. The van der Waals surface area contributed by atoms with Crippen molar-refractivity contribution < 1.29 is 19.1 Å². The first-order valence-electron chi connectivity index (χ1n) is 7.44. The molecule has 1 N–H and O–H groups in total. The Kier molecular flexibility index (Phi) is 4.93. The normalized spacial score (nSPS) is 10.9. The molecule has 0 saturated heterocycles. The molecule has 6 nitrogen and oxygen atoms in total. The third-order valence-corrected chi connectivity index (χ3v) is 3.67. The second kappa shape index (κ2) is 6.73. The number of fused-ring (bicyclic) bond motifs is 1. The molecule has 1 amide bonds. The van der Waals surface area contributed by atoms with Crippen LogP contribution in [0.2, 0.25) is 0 Å². The Labute approximate surface area is 135 Å². The highest BCUT2D eigenvalue weighted by molar-refractivity contribution is 6.06. The van der Waals surface area contributed by atoms with Gasteiger partial charge in [0.25, 0.3) is 5.91 Å². The summed E-state index contributed by atoms with van der Waals surface area (Å²) < 4.78 is 12.3. The molecule has 0 aliphatic heterocycles. The number of benzene rings is 1. The van der Waals surface area contributed by atoms with Gasteiger partial charge in [0.05, 0.1) is 12.7 Å². The molecule has 1 heterocycles. The van der Waals surface area contributed by atoms with Crippen molar-refractivity contribution in [3.05, 3.63) is 29.5 Å². The van der Waals surface area contributed by atoms with Gasteiger partial charge in [-0.15, -0.1) is 0 Å². The molecule has 0 saturated carbocycles. The summed E-state index contributed by atoms with van der Waals surface area (Å²) in [5, 5.41) is 3.51. The lowest BCUT2D eigenvalue weighted by Gasteiger charge is -2.10. The molecule has 6 heteroatoms. The van der Waals surface area contributed by atoms with E-state index < -0.39 is 0 Å². The standard InChI is InChI=1S/C17H22N2O4/c1-10(2)18-15(20)9-23-12-6-7-14-13(8-12)16(17(21)22-5)11(3)19(14)4/h6-8,10H,9H2,1-5H3,(H,18,20). The monoisotopic (exact) mass is 318 g/mol. The van der Waals surface area contributed by atoms with Crippen LogP contribution in [0.1, 0.15) is 29.9 Å². The minimum absolute atomic E-state index is 0.0660. The molecule has 0 spiro atoms. The van der Waals surface area contributed by atoms with E-state index in [-0.39, 0.29) is 24.5 Å². The average Bonchev–Trinajstić information content (AvgIpc) is 2.75. The molecular weight excluding hydrogens is 296 g/mol. The van der Waals surface area contributed by atoms with Gasteiger partial charge in [-0.2, -0.15) is 0 Å². The summed E-state index contributed by atoms with van der Waals surface area (Å²) in [5.74, 6) is -0.0347. The number of hydrogen-bond acceptors (Lipinski definition) is 4. The van der Waals surface area contributed by atoms with Crippen molar-refractivity contribution in [1.29, 1.82) is 0 Å². The van der Waals surface area contributed by atoms with Crippen molar-refractivity contribution in [2.75, 3.05) is 13.7 Å². The molecule has 0 aliphatic rings. The molecule has 0 aliphatic carbocycles. The molecule has 0 radical (unpaired) electrons. The van der Waals surface area contributed by atoms with Crippen LogP contribution in [0.15, 0.2) is 18.2 Å². The minimum atomic E-state index is -0.386. The smallest absolute Gasteiger partial charge is 0.340 e. The maximum absolute atomic E-state index is 12.0. The molecular formula is C17H22N2O4. The largest absolute Gasteiger partial charge is 0.484 e. The van der Waals surface area contributed by atoms with Crippen LogP contribution in [0.25, 0.3) is 10.9 Å². The Hall–Kier alpha value is -2.50. The second-order valence-electron chi connectivity index (χ2n) is 5.70. The molecule has 0 fully saturated rings. The first-order chi connectivity index (χ1) is 10.8. The average molecular weight is 318 g/mol. The number of methoxy groups -OCH3 is 1. The van der Waals surface area contributed by atoms with E-state index in [4.69, 9.17) is 9.47 Å². The predicted molar refractivity (Wildman–Crippen MR) is 87.8 cm³/mol. The zero-order valence-electron chi connectivity index (χ0n) is 14.1. The Morgan fingerprint density at radius 1 is 1.30 bits per heavy atom. The first-order valence-corrected chi connectivity index (χ1v) is 7.44. The van der Waals surface area contributed by atoms with Crippen LogP contribution in [0, 0.1) is 6.92 Å². The fraction of sp³-hybridized carbons (Fsp3) is 0.412. The van der Waals surface area contributed by atoms with Gasteiger partial charge >= 0.3 is 5.97 Å². The minimum Gasteiger partial charge on any atom is -0.484 e. The van der Waals surface area contributed by atoms with Crippen LogP contribution in [0.4, 0.5) is 0 Å². The van der Waals surface area contributed by atoms with Gasteiger partial charge in [0.15, 0.2) is 6.61 Å². The summed E-state index contributed by atoms with van der Waals surface area (Å²) >= 11 is 0. The molecule has 1 aromatic heterocycles. The molecule has 0 unspecified atom stereocenters. The molecule has 0 atom stereocenters. The van der Waals surface area contributed by atoms with E-state index in [0.717, 1.165) is 16.6 Å². The topological polar surface area (TPSA) is 69.6 Å². The fourth-order valence-corrected chi connectivity index (χ4v) is 2.51. The summed E-state index contributed by atoms with van der Waals surface area (Å²) in [7, 11) is 3.25. The summed E-state index contributed by atoms with van der Waals surface area (Å²) in [5.41, 5.74) is 2.24. The third-order valence-electron chi connectivity index (χ3n) is 3.67. The number of nitrogens with one attached hydrogen (secondary N) is 1. The SMILES string of the molecule is COC(=O)c1c(C)n(C)c2ccc(OCC(=O)NC(C)C)cc12. The number of carbonyl (C=O) groups excluding carboxylic acids is 2. The zero-order valence-corrected chi connectivity index (χ0v) is 14.1. The number of aromatic nitrogens is 1. The molecule has 2 rings (SSSR count). The number of carbonyl (C=O) groups is 2. The number of ether oxygens (including phenoxy) is 2. The van der Waals surface area contributed by atoms with Gasteiger partial charge in [-0.25, -0.2) is 4.79 Å². The summed E-state index contributed by atoms with van der Waals surface area (Å²) in [6.45, 7) is 5.57. The number of hydrogen-bond donors (Lipinski definition) is 1. The zero-order chi connectivity index (χ0) is 17.1. The van der Waals surface area contributed by atoms with Crippen molar-refractivity contribution in [3.8, 4) is 5.75 Å². The number of aryl methyl sites for hydroxylation is 1. The van der Waals surface area contributed by atoms with Crippen molar-refractivity contribution in [2.45, 2.75) is 26.8 Å². The van der Waals surface area contributed by atoms with Gasteiger partial charge in [-0.3, -0.25) is 4.79 Å². The van der Waals surface area contributed by atoms with E-state index in [9.17, 15) is 9.59 Å². The van der Waals surface area contributed by atoms with E-state index in [0.29, 0.717) is 11.3 Å². The summed E-state index contributed by atoms with van der Waals surface area (Å²) in [4.78, 5) is 23.7. The van der Waals surface area contributed by atoms with Gasteiger partial charge in [0, 0.05) is 29.7 Å². The van der Waals surface area contributed by atoms with Crippen molar-refractivity contribution in [1.82, 2.24) is 9.88 Å². The molecule has 0 bridgehead atoms. The maximum Gasteiger partial charge on any atom is 0.340 e. The van der Waals surface area contributed by atoms with E-state index in [2.05, 4.69) is 5.32 Å². The van der Waals surface area contributed by atoms with Crippen molar-refractivity contribution in [3.63, 3.8) is 0 Å². The Morgan fingerprint density at radius 3 is 2.61 bits per heavy atom. The molecule has 1 aromatic carbocycles. The van der Waals surface area contributed by atoms with E-state index in [1.165, 1.54) is 7.11 Å². The Bertz CT molecular complexity index is 747. The quantitative estimate of drug-likeness (QED) is 0.858. The highest BCUT2D eigenvalue weighted by atomic mass is 16.5.